The van der Waals surface area contributed by atoms with E-state index < -0.39 is 5.97 Å². The number of rotatable bonds is 5. The Labute approximate surface area is 95.2 Å². The Morgan fingerprint density at radius 2 is 2.19 bits per heavy atom. The van der Waals surface area contributed by atoms with Crippen LogP contribution in [0.5, 0.6) is 5.75 Å². The lowest BCUT2D eigenvalue weighted by Gasteiger charge is -2.10. The fraction of sp³-hybridized carbons (Fsp3) is 0.417. The molecule has 0 atom stereocenters. The molecule has 0 aliphatic heterocycles. The lowest BCUT2D eigenvalue weighted by molar-refractivity contribution is 0.0523. The van der Waals surface area contributed by atoms with Crippen LogP contribution in [0.2, 0.25) is 0 Å². The van der Waals surface area contributed by atoms with Gasteiger partial charge in [-0.15, -0.1) is 0 Å². The largest absolute Gasteiger partial charge is 0.505 e. The number of phenolic OH excluding ortho intramolecular Hbond substituents is 1. The zero-order chi connectivity index (χ0) is 12.0. The van der Waals surface area contributed by atoms with Gasteiger partial charge in [0.1, 0.15) is 5.56 Å². The number of ether oxygens (including phenoxy) is 1. The van der Waals surface area contributed by atoms with Crippen LogP contribution in [-0.4, -0.2) is 24.2 Å². The molecule has 1 rings (SSSR count). The molecule has 1 aromatic rings. The van der Waals surface area contributed by atoms with Gasteiger partial charge in [0.25, 0.3) is 0 Å². The minimum Gasteiger partial charge on any atom is -0.505 e. The summed E-state index contributed by atoms with van der Waals surface area (Å²) in [5.41, 5.74) is 0.760. The Hall–Kier alpha value is -1.71. The van der Waals surface area contributed by atoms with Gasteiger partial charge in [-0.25, -0.2) is 4.79 Å². The van der Waals surface area contributed by atoms with E-state index >= 15 is 0 Å². The standard InChI is InChI=1S/C12H17NO3/c1-3-8-13-10-7-5-6-9(11(10)14)12(15)16-4-2/h5-7,13-14H,3-4,8H2,1-2H3. The van der Waals surface area contributed by atoms with Crippen LogP contribution in [0.3, 0.4) is 0 Å². The SMILES string of the molecule is CCCNc1cccc(C(=O)OCC)c1O. The van der Waals surface area contributed by atoms with Gasteiger partial charge in [-0.2, -0.15) is 0 Å². The quantitative estimate of drug-likeness (QED) is 0.594. The fourth-order valence-corrected chi connectivity index (χ4v) is 1.32. The summed E-state index contributed by atoms with van der Waals surface area (Å²) in [6, 6.07) is 4.99. The number of carbonyl (C=O) groups is 1. The van der Waals surface area contributed by atoms with Crippen LogP contribution in [0.25, 0.3) is 0 Å². The minimum absolute atomic E-state index is 0.0469. The van der Waals surface area contributed by atoms with Crippen molar-refractivity contribution in [1.29, 1.82) is 0 Å². The van der Waals surface area contributed by atoms with Crippen LogP contribution in [0.1, 0.15) is 30.6 Å². The number of anilines is 1. The third-order valence-corrected chi connectivity index (χ3v) is 2.10. The number of hydrogen-bond donors (Lipinski definition) is 2. The molecule has 0 spiro atoms. The number of aromatic hydroxyl groups is 1. The molecule has 0 saturated heterocycles. The molecule has 0 heterocycles. The molecule has 88 valence electrons. The van der Waals surface area contributed by atoms with E-state index in [1.54, 1.807) is 25.1 Å². The Balaban J connectivity index is 2.89. The molecule has 0 fully saturated rings. The molecule has 0 aliphatic rings. The zero-order valence-electron chi connectivity index (χ0n) is 9.62. The lowest BCUT2D eigenvalue weighted by Crippen LogP contribution is -2.07. The second-order valence-electron chi connectivity index (χ2n) is 3.35. The van der Waals surface area contributed by atoms with Gasteiger partial charge in [0.05, 0.1) is 12.3 Å². The monoisotopic (exact) mass is 223 g/mol. The molecule has 2 N–H and O–H groups in total. The molecule has 0 radical (unpaired) electrons. The predicted molar refractivity (Wildman–Crippen MR) is 62.8 cm³/mol. The molecule has 4 heteroatoms. The van der Waals surface area contributed by atoms with Crippen molar-refractivity contribution >= 4 is 11.7 Å². The number of phenols is 1. The summed E-state index contributed by atoms with van der Waals surface area (Å²) >= 11 is 0. The molecule has 1 aromatic carbocycles. The summed E-state index contributed by atoms with van der Waals surface area (Å²) in [5.74, 6) is -0.547. The molecule has 0 amide bonds. The third-order valence-electron chi connectivity index (χ3n) is 2.10. The van der Waals surface area contributed by atoms with Crippen LogP contribution in [0.4, 0.5) is 5.69 Å². The van der Waals surface area contributed by atoms with E-state index in [2.05, 4.69) is 5.32 Å². The topological polar surface area (TPSA) is 58.6 Å². The van der Waals surface area contributed by atoms with Crippen molar-refractivity contribution in [3.63, 3.8) is 0 Å². The first-order valence-electron chi connectivity index (χ1n) is 5.43. The van der Waals surface area contributed by atoms with Gasteiger partial charge in [0.2, 0.25) is 0 Å². The fourth-order valence-electron chi connectivity index (χ4n) is 1.32. The van der Waals surface area contributed by atoms with Gasteiger partial charge < -0.3 is 15.2 Å². The first-order valence-corrected chi connectivity index (χ1v) is 5.43. The average molecular weight is 223 g/mol. The van der Waals surface area contributed by atoms with E-state index in [9.17, 15) is 9.90 Å². The second-order valence-corrected chi connectivity index (χ2v) is 3.35. The van der Waals surface area contributed by atoms with E-state index in [1.165, 1.54) is 0 Å². The summed E-state index contributed by atoms with van der Waals surface area (Å²) in [7, 11) is 0. The summed E-state index contributed by atoms with van der Waals surface area (Å²) in [6.07, 6.45) is 0.947. The summed E-state index contributed by atoms with van der Waals surface area (Å²) in [4.78, 5) is 11.5. The predicted octanol–water partition coefficient (Wildman–Crippen LogP) is 2.39. The summed E-state index contributed by atoms with van der Waals surface area (Å²) < 4.78 is 4.84. The van der Waals surface area contributed by atoms with Crippen molar-refractivity contribution in [1.82, 2.24) is 0 Å². The normalized spacial score (nSPS) is 9.88. The molecule has 4 nitrogen and oxygen atoms in total. The van der Waals surface area contributed by atoms with Gasteiger partial charge in [-0.3, -0.25) is 0 Å². The van der Waals surface area contributed by atoms with E-state index in [0.29, 0.717) is 12.3 Å². The van der Waals surface area contributed by atoms with Crippen LogP contribution >= 0.6 is 0 Å². The maximum absolute atomic E-state index is 11.5. The van der Waals surface area contributed by atoms with Gasteiger partial charge in [0, 0.05) is 6.54 Å². The van der Waals surface area contributed by atoms with E-state index in [-0.39, 0.29) is 11.3 Å². The number of benzene rings is 1. The van der Waals surface area contributed by atoms with Crippen molar-refractivity contribution in [2.24, 2.45) is 0 Å². The van der Waals surface area contributed by atoms with Crippen molar-refractivity contribution in [3.05, 3.63) is 23.8 Å². The van der Waals surface area contributed by atoms with Gasteiger partial charge in [-0.1, -0.05) is 13.0 Å². The van der Waals surface area contributed by atoms with Gasteiger partial charge in [0.15, 0.2) is 5.75 Å². The second kappa shape index (κ2) is 6.00. The molecule has 16 heavy (non-hydrogen) atoms. The van der Waals surface area contributed by atoms with Crippen molar-refractivity contribution < 1.29 is 14.6 Å². The van der Waals surface area contributed by atoms with Crippen LogP contribution in [-0.2, 0) is 4.74 Å². The number of nitrogens with one attached hydrogen (secondary N) is 1. The van der Waals surface area contributed by atoms with Crippen molar-refractivity contribution in [2.75, 3.05) is 18.5 Å². The number of para-hydroxylation sites is 1. The molecule has 0 saturated carbocycles. The van der Waals surface area contributed by atoms with Gasteiger partial charge in [-0.05, 0) is 25.5 Å². The number of hydrogen-bond acceptors (Lipinski definition) is 4. The first-order chi connectivity index (χ1) is 7.70. The van der Waals surface area contributed by atoms with E-state index in [4.69, 9.17) is 4.74 Å². The molecule has 0 aliphatic carbocycles. The highest BCUT2D eigenvalue weighted by molar-refractivity contribution is 5.94. The smallest absolute Gasteiger partial charge is 0.341 e. The average Bonchev–Trinajstić information content (AvgIpc) is 2.28. The molecular formula is C12H17NO3. The molecule has 0 unspecified atom stereocenters. The third kappa shape index (κ3) is 2.89. The van der Waals surface area contributed by atoms with Gasteiger partial charge >= 0.3 is 5.97 Å². The highest BCUT2D eigenvalue weighted by Crippen LogP contribution is 2.27. The summed E-state index contributed by atoms with van der Waals surface area (Å²) in [6.45, 7) is 4.80. The maximum atomic E-state index is 11.5. The summed E-state index contributed by atoms with van der Waals surface area (Å²) in [5, 5.41) is 12.9. The molecule has 0 aromatic heterocycles. The Kier molecular flexibility index (Phi) is 4.64. The van der Waals surface area contributed by atoms with Crippen LogP contribution < -0.4 is 5.32 Å². The van der Waals surface area contributed by atoms with Crippen molar-refractivity contribution in [2.45, 2.75) is 20.3 Å². The van der Waals surface area contributed by atoms with Crippen LogP contribution in [0, 0.1) is 0 Å². The maximum Gasteiger partial charge on any atom is 0.341 e. The zero-order valence-corrected chi connectivity index (χ0v) is 9.62. The minimum atomic E-state index is -0.500. The highest BCUT2D eigenvalue weighted by Gasteiger charge is 2.14. The Morgan fingerprint density at radius 3 is 2.81 bits per heavy atom. The molecule has 0 bridgehead atoms. The van der Waals surface area contributed by atoms with E-state index in [0.717, 1.165) is 13.0 Å². The van der Waals surface area contributed by atoms with Crippen LogP contribution in [0.15, 0.2) is 18.2 Å². The molecular weight excluding hydrogens is 206 g/mol. The van der Waals surface area contributed by atoms with Crippen molar-refractivity contribution in [3.8, 4) is 5.75 Å². The number of esters is 1. The lowest BCUT2D eigenvalue weighted by atomic mass is 10.1. The first kappa shape index (κ1) is 12.4. The number of carbonyl (C=O) groups excluding carboxylic acids is 1. The Bertz CT molecular complexity index is 363. The van der Waals surface area contributed by atoms with E-state index in [1.807, 2.05) is 6.92 Å². The Morgan fingerprint density at radius 1 is 1.44 bits per heavy atom. The highest BCUT2D eigenvalue weighted by atomic mass is 16.5.